The predicted molar refractivity (Wildman–Crippen MR) is 68.6 cm³/mol. The summed E-state index contributed by atoms with van der Waals surface area (Å²) < 4.78 is 5.51. The van der Waals surface area contributed by atoms with E-state index in [0.717, 1.165) is 0 Å². The number of nitrogens with zero attached hydrogens (tertiary/aromatic N) is 1. The molecule has 0 radical (unpaired) electrons. The highest BCUT2D eigenvalue weighted by Gasteiger charge is 2.11. The smallest absolute Gasteiger partial charge is 0.266 e. The number of aliphatic hydroxyl groups excluding tert-OH is 1. The summed E-state index contributed by atoms with van der Waals surface area (Å²) in [5, 5.41) is 11.9. The third kappa shape index (κ3) is 3.72. The summed E-state index contributed by atoms with van der Waals surface area (Å²) in [5.74, 6) is 0.514. The molecule has 1 aromatic heterocycles. The summed E-state index contributed by atoms with van der Waals surface area (Å²) in [7, 11) is 1.59. The Morgan fingerprint density at radius 2 is 2.50 bits per heavy atom. The quantitative estimate of drug-likeness (QED) is 0.644. The van der Waals surface area contributed by atoms with Crippen molar-refractivity contribution >= 4 is 28.4 Å². The summed E-state index contributed by atoms with van der Waals surface area (Å²) in [6, 6.07) is -0.0576. The molecule has 1 atom stereocenters. The van der Waals surface area contributed by atoms with Gasteiger partial charge in [-0.1, -0.05) is 0 Å². The Hall–Kier alpha value is -0.670. The fourth-order valence-electron chi connectivity index (χ4n) is 1.23. The zero-order valence-electron chi connectivity index (χ0n) is 8.86. The number of aromatic amines is 1. The monoisotopic (exact) mass is 339 g/mol. The van der Waals surface area contributed by atoms with Crippen LogP contribution >= 0.6 is 22.6 Å². The first-order valence-electron chi connectivity index (χ1n) is 4.78. The summed E-state index contributed by atoms with van der Waals surface area (Å²) in [4.78, 5) is 17.8. The molecule has 1 aromatic rings. The molecule has 0 aliphatic rings. The number of anilines is 1. The molecule has 0 aliphatic heterocycles. The van der Waals surface area contributed by atoms with Crippen molar-refractivity contribution in [1.29, 1.82) is 0 Å². The number of aromatic nitrogens is 2. The lowest BCUT2D eigenvalue weighted by atomic mass is 10.2. The number of hydrogen-bond donors (Lipinski definition) is 3. The average Bonchev–Trinajstić information content (AvgIpc) is 2.25. The molecule has 1 heterocycles. The Morgan fingerprint density at radius 1 is 1.75 bits per heavy atom. The number of H-pyrrole nitrogens is 1. The van der Waals surface area contributed by atoms with Crippen LogP contribution < -0.4 is 10.9 Å². The third-order valence-corrected chi connectivity index (χ3v) is 2.98. The lowest BCUT2D eigenvalue weighted by molar-refractivity contribution is 0.170. The van der Waals surface area contributed by atoms with Crippen LogP contribution in [-0.2, 0) is 4.74 Å². The molecule has 0 fully saturated rings. The van der Waals surface area contributed by atoms with Gasteiger partial charge in [-0.25, -0.2) is 4.98 Å². The van der Waals surface area contributed by atoms with E-state index in [1.165, 1.54) is 6.33 Å². The molecule has 3 N–H and O–H groups in total. The Kier molecular flexibility index (Phi) is 5.71. The van der Waals surface area contributed by atoms with Crippen LogP contribution in [0.4, 0.5) is 5.82 Å². The number of ether oxygens (including phenoxy) is 1. The van der Waals surface area contributed by atoms with E-state index in [9.17, 15) is 4.79 Å². The highest BCUT2D eigenvalue weighted by Crippen LogP contribution is 2.11. The molecule has 1 rings (SSSR count). The van der Waals surface area contributed by atoms with Crippen LogP contribution in [0.1, 0.15) is 6.42 Å². The minimum absolute atomic E-state index is 0.0563. The van der Waals surface area contributed by atoms with E-state index >= 15 is 0 Å². The van der Waals surface area contributed by atoms with Gasteiger partial charge >= 0.3 is 0 Å². The Morgan fingerprint density at radius 3 is 3.12 bits per heavy atom. The molecule has 90 valence electrons. The van der Waals surface area contributed by atoms with Crippen LogP contribution in [0.25, 0.3) is 0 Å². The van der Waals surface area contributed by atoms with Crippen molar-refractivity contribution in [2.45, 2.75) is 12.5 Å². The lowest BCUT2D eigenvalue weighted by Crippen LogP contribution is -2.28. The van der Waals surface area contributed by atoms with Gasteiger partial charge in [-0.15, -0.1) is 0 Å². The van der Waals surface area contributed by atoms with Crippen molar-refractivity contribution < 1.29 is 9.84 Å². The van der Waals surface area contributed by atoms with Gasteiger partial charge in [-0.05, 0) is 29.0 Å². The fraction of sp³-hybridized carbons (Fsp3) is 0.556. The zero-order valence-corrected chi connectivity index (χ0v) is 11.0. The van der Waals surface area contributed by atoms with Crippen LogP contribution in [0.2, 0.25) is 0 Å². The molecule has 1 unspecified atom stereocenters. The van der Waals surface area contributed by atoms with Crippen molar-refractivity contribution in [1.82, 2.24) is 9.97 Å². The Labute approximate surface area is 107 Å². The van der Waals surface area contributed by atoms with Gasteiger partial charge in [0.25, 0.3) is 5.56 Å². The van der Waals surface area contributed by atoms with Gasteiger partial charge in [0.05, 0.1) is 19.0 Å². The van der Waals surface area contributed by atoms with Gasteiger partial charge in [-0.3, -0.25) is 4.79 Å². The summed E-state index contributed by atoms with van der Waals surface area (Å²) in [6.45, 7) is 0.506. The first-order chi connectivity index (χ1) is 7.69. The second kappa shape index (κ2) is 6.81. The largest absolute Gasteiger partial charge is 0.396 e. The van der Waals surface area contributed by atoms with Gasteiger partial charge < -0.3 is 20.1 Å². The zero-order chi connectivity index (χ0) is 12.0. The Bertz CT molecular complexity index is 377. The van der Waals surface area contributed by atoms with E-state index in [4.69, 9.17) is 9.84 Å². The molecule has 0 saturated carbocycles. The van der Waals surface area contributed by atoms with E-state index in [1.54, 1.807) is 7.11 Å². The molecule has 7 heteroatoms. The number of hydrogen-bond acceptors (Lipinski definition) is 5. The number of nitrogens with one attached hydrogen (secondary N) is 2. The second-order valence-electron chi connectivity index (χ2n) is 3.20. The van der Waals surface area contributed by atoms with Crippen molar-refractivity contribution in [3.63, 3.8) is 0 Å². The fourth-order valence-corrected chi connectivity index (χ4v) is 1.68. The van der Waals surface area contributed by atoms with Crippen LogP contribution in [0.3, 0.4) is 0 Å². The minimum atomic E-state index is -0.182. The van der Waals surface area contributed by atoms with Gasteiger partial charge in [0, 0.05) is 13.7 Å². The molecule has 0 bridgehead atoms. The number of rotatable bonds is 6. The molecule has 0 aromatic carbocycles. The van der Waals surface area contributed by atoms with Crippen molar-refractivity contribution in [2.75, 3.05) is 25.6 Å². The predicted octanol–water partition coefficient (Wildman–Crippen LogP) is 0.184. The van der Waals surface area contributed by atoms with E-state index in [-0.39, 0.29) is 18.2 Å². The first-order valence-corrected chi connectivity index (χ1v) is 5.86. The SMILES string of the molecule is COCC(CCO)Nc1nc[nH]c(=O)c1I. The normalized spacial score (nSPS) is 12.4. The summed E-state index contributed by atoms with van der Waals surface area (Å²) in [5.41, 5.74) is -0.182. The molecule has 16 heavy (non-hydrogen) atoms. The molecule has 0 saturated heterocycles. The lowest BCUT2D eigenvalue weighted by Gasteiger charge is -2.17. The average molecular weight is 339 g/mol. The standard InChI is InChI=1S/C9H14IN3O3/c1-16-4-6(2-3-14)13-8-7(10)9(15)12-5-11-8/h5-6,14H,2-4H2,1H3,(H2,11,12,13,15). The van der Waals surface area contributed by atoms with Crippen molar-refractivity contribution in [2.24, 2.45) is 0 Å². The highest BCUT2D eigenvalue weighted by molar-refractivity contribution is 14.1. The molecule has 6 nitrogen and oxygen atoms in total. The summed E-state index contributed by atoms with van der Waals surface area (Å²) in [6.07, 6.45) is 1.88. The van der Waals surface area contributed by atoms with Crippen molar-refractivity contribution in [3.05, 3.63) is 20.3 Å². The minimum Gasteiger partial charge on any atom is -0.396 e. The van der Waals surface area contributed by atoms with Crippen LogP contribution in [0, 0.1) is 3.57 Å². The van der Waals surface area contributed by atoms with Gasteiger partial charge in [0.2, 0.25) is 0 Å². The van der Waals surface area contributed by atoms with Gasteiger partial charge in [0.1, 0.15) is 9.39 Å². The first kappa shape index (κ1) is 13.4. The van der Waals surface area contributed by atoms with Crippen molar-refractivity contribution in [3.8, 4) is 0 Å². The molecular weight excluding hydrogens is 325 g/mol. The van der Waals surface area contributed by atoms with E-state index < -0.39 is 0 Å². The number of methoxy groups -OCH3 is 1. The van der Waals surface area contributed by atoms with E-state index in [2.05, 4.69) is 15.3 Å². The molecule has 0 aliphatic carbocycles. The maximum atomic E-state index is 11.3. The second-order valence-corrected chi connectivity index (χ2v) is 4.28. The van der Waals surface area contributed by atoms with E-state index in [1.807, 2.05) is 22.6 Å². The maximum Gasteiger partial charge on any atom is 0.266 e. The van der Waals surface area contributed by atoms with Crippen LogP contribution in [0.5, 0.6) is 0 Å². The molecular formula is C9H14IN3O3. The van der Waals surface area contributed by atoms with Crippen LogP contribution in [-0.4, -0.2) is 41.4 Å². The molecule has 0 amide bonds. The number of halogens is 1. The highest BCUT2D eigenvalue weighted by atomic mass is 127. The summed E-state index contributed by atoms with van der Waals surface area (Å²) >= 11 is 1.92. The topological polar surface area (TPSA) is 87.2 Å². The molecule has 0 spiro atoms. The van der Waals surface area contributed by atoms with E-state index in [0.29, 0.717) is 22.4 Å². The van der Waals surface area contributed by atoms with Crippen LogP contribution in [0.15, 0.2) is 11.1 Å². The van der Waals surface area contributed by atoms with Gasteiger partial charge in [-0.2, -0.15) is 0 Å². The third-order valence-electron chi connectivity index (χ3n) is 1.98. The maximum absolute atomic E-state index is 11.3. The number of aliphatic hydroxyl groups is 1. The van der Waals surface area contributed by atoms with Gasteiger partial charge in [0.15, 0.2) is 0 Å². The Balaban J connectivity index is 2.76.